The number of aliphatic hydroxyl groups excluding tert-OH is 1. The predicted octanol–water partition coefficient (Wildman–Crippen LogP) is 4.65. The van der Waals surface area contributed by atoms with Crippen molar-refractivity contribution in [2.24, 2.45) is 0 Å². The third-order valence-corrected chi connectivity index (χ3v) is 6.52. The fourth-order valence-electron chi connectivity index (χ4n) is 3.16. The number of hydrogen-bond donors (Lipinski definition) is 1. The van der Waals surface area contributed by atoms with E-state index in [0.717, 1.165) is 40.7 Å². The van der Waals surface area contributed by atoms with Crippen LogP contribution in [0.2, 0.25) is 0 Å². The molecule has 0 saturated heterocycles. The van der Waals surface area contributed by atoms with Crippen molar-refractivity contribution in [1.82, 2.24) is 4.31 Å². The third kappa shape index (κ3) is 6.93. The molecule has 3 aromatic carbocycles. The summed E-state index contributed by atoms with van der Waals surface area (Å²) < 4.78 is 87.1. The molecule has 0 aliphatic carbocycles. The fourth-order valence-corrected chi connectivity index (χ4v) is 4.32. The summed E-state index contributed by atoms with van der Waals surface area (Å²) in [5.74, 6) is -1.99. The van der Waals surface area contributed by atoms with Crippen molar-refractivity contribution < 1.29 is 45.4 Å². The van der Waals surface area contributed by atoms with Gasteiger partial charge in [-0.3, -0.25) is 0 Å². The van der Waals surface area contributed by atoms with Gasteiger partial charge in [-0.1, -0.05) is 18.2 Å². The predicted molar refractivity (Wildman–Crippen MR) is 119 cm³/mol. The van der Waals surface area contributed by atoms with Gasteiger partial charge in [0, 0.05) is 19.2 Å². The average Bonchev–Trinajstić information content (AvgIpc) is 2.77. The zero-order chi connectivity index (χ0) is 25.8. The van der Waals surface area contributed by atoms with Crippen LogP contribution in [0.4, 0.5) is 17.6 Å². The van der Waals surface area contributed by atoms with Gasteiger partial charge in [0.05, 0.1) is 4.90 Å². The Labute approximate surface area is 198 Å². The molecular formula is C23H20F4NO6S+. The summed E-state index contributed by atoms with van der Waals surface area (Å²) in [6.07, 6.45) is -4.91. The van der Waals surface area contributed by atoms with Crippen molar-refractivity contribution in [2.45, 2.75) is 17.8 Å². The first kappa shape index (κ1) is 26.0. The largest absolute Gasteiger partial charge is 0.573 e. The van der Waals surface area contributed by atoms with Crippen LogP contribution < -0.4 is 9.47 Å². The molecule has 7 nitrogen and oxygen atoms in total. The van der Waals surface area contributed by atoms with Crippen molar-refractivity contribution in [3.63, 3.8) is 0 Å². The van der Waals surface area contributed by atoms with E-state index in [-0.39, 0.29) is 28.3 Å². The van der Waals surface area contributed by atoms with E-state index in [1.165, 1.54) is 37.4 Å². The Morgan fingerprint density at radius 1 is 1.06 bits per heavy atom. The highest BCUT2D eigenvalue weighted by atomic mass is 32.2. The van der Waals surface area contributed by atoms with Crippen LogP contribution in [0, 0.1) is 5.82 Å². The van der Waals surface area contributed by atoms with Crippen molar-refractivity contribution in [2.75, 3.05) is 13.7 Å². The van der Waals surface area contributed by atoms with Gasteiger partial charge >= 0.3 is 12.3 Å². The van der Waals surface area contributed by atoms with Crippen LogP contribution in [0.3, 0.4) is 0 Å². The summed E-state index contributed by atoms with van der Waals surface area (Å²) >= 11 is 0. The number of carboxylic acid groups (broad SMARTS) is 1. The SMILES string of the molecule is CN(Cc1ccc(OCC(O)=[OH+])c(-c2cccc(OC(F)(F)F)c2)c1)S(=O)(=O)c1ccc(F)cc1. The maximum Gasteiger partial charge on any atom is 0.573 e. The lowest BCUT2D eigenvalue weighted by atomic mass is 10.0. The second kappa shape index (κ2) is 10.3. The zero-order valence-electron chi connectivity index (χ0n) is 18.2. The highest BCUT2D eigenvalue weighted by Gasteiger charge is 2.31. The molecule has 0 unspecified atom stereocenters. The van der Waals surface area contributed by atoms with E-state index in [0.29, 0.717) is 5.56 Å². The highest BCUT2D eigenvalue weighted by Crippen LogP contribution is 2.35. The van der Waals surface area contributed by atoms with Gasteiger partial charge in [-0.15, -0.1) is 13.2 Å². The number of hydrogen-bond acceptors (Lipinski definition) is 4. The van der Waals surface area contributed by atoms with E-state index >= 15 is 0 Å². The van der Waals surface area contributed by atoms with Crippen LogP contribution in [-0.4, -0.2) is 48.6 Å². The number of ether oxygens (including phenoxy) is 2. The van der Waals surface area contributed by atoms with E-state index < -0.39 is 40.5 Å². The normalized spacial score (nSPS) is 11.9. The fraction of sp³-hybridized carbons (Fsp3) is 0.174. The molecule has 3 rings (SSSR count). The maximum absolute atomic E-state index is 13.2. The zero-order valence-corrected chi connectivity index (χ0v) is 19.0. The van der Waals surface area contributed by atoms with Crippen LogP contribution in [-0.2, 0) is 16.6 Å². The molecule has 3 aromatic rings. The van der Waals surface area contributed by atoms with Crippen molar-refractivity contribution in [3.8, 4) is 22.6 Å². The number of halogens is 4. The maximum atomic E-state index is 13.2. The Kier molecular flexibility index (Phi) is 7.66. The molecule has 0 aromatic heterocycles. The molecule has 12 heteroatoms. The molecule has 0 spiro atoms. The number of aliphatic carboxylic acids is 1. The first-order chi connectivity index (χ1) is 16.3. The Balaban J connectivity index is 1.96. The molecule has 0 bridgehead atoms. The Hall–Kier alpha value is -3.64. The number of benzene rings is 3. The second-order valence-corrected chi connectivity index (χ2v) is 9.37. The van der Waals surface area contributed by atoms with Crippen LogP contribution >= 0.6 is 0 Å². The first-order valence-corrected chi connectivity index (χ1v) is 11.4. The quantitative estimate of drug-likeness (QED) is 0.331. The van der Waals surface area contributed by atoms with Crippen LogP contribution in [0.1, 0.15) is 5.56 Å². The van der Waals surface area contributed by atoms with Gasteiger partial charge < -0.3 is 19.4 Å². The molecule has 186 valence electrons. The minimum absolute atomic E-state index is 0.0996. The van der Waals surface area contributed by atoms with Crippen molar-refractivity contribution >= 4 is 16.0 Å². The van der Waals surface area contributed by atoms with Gasteiger partial charge in [-0.2, -0.15) is 4.31 Å². The molecule has 0 aliphatic heterocycles. The average molecular weight is 514 g/mol. The molecule has 0 atom stereocenters. The minimum Gasteiger partial charge on any atom is -0.475 e. The molecule has 0 amide bonds. The van der Waals surface area contributed by atoms with E-state index in [9.17, 15) is 26.0 Å². The summed E-state index contributed by atoms with van der Waals surface area (Å²) in [4.78, 5) is 8.92. The summed E-state index contributed by atoms with van der Waals surface area (Å²) in [6.45, 7) is -0.729. The summed E-state index contributed by atoms with van der Waals surface area (Å²) in [7, 11) is -2.65. The smallest absolute Gasteiger partial charge is 0.475 e. The lowest BCUT2D eigenvalue weighted by Crippen LogP contribution is -2.26. The van der Waals surface area contributed by atoms with E-state index in [4.69, 9.17) is 14.6 Å². The molecule has 0 aliphatic rings. The Morgan fingerprint density at radius 3 is 2.37 bits per heavy atom. The molecule has 0 heterocycles. The summed E-state index contributed by atoms with van der Waals surface area (Å²) in [5, 5.41) is 9.04. The number of carboxylic acids is 1. The second-order valence-electron chi connectivity index (χ2n) is 7.33. The monoisotopic (exact) mass is 514 g/mol. The topological polar surface area (TPSA) is 97.5 Å². The van der Waals surface area contributed by atoms with E-state index in [1.54, 1.807) is 0 Å². The number of rotatable bonds is 9. The minimum atomic E-state index is -4.91. The van der Waals surface area contributed by atoms with Crippen molar-refractivity contribution in [3.05, 3.63) is 78.1 Å². The van der Waals surface area contributed by atoms with E-state index in [1.807, 2.05) is 0 Å². The number of sulfonamides is 1. The Bertz CT molecular complexity index is 1310. The summed E-state index contributed by atoms with van der Waals surface area (Å²) in [5.41, 5.74) is 0.939. The van der Waals surface area contributed by atoms with Crippen LogP contribution in [0.15, 0.2) is 71.6 Å². The molecule has 0 fully saturated rings. The van der Waals surface area contributed by atoms with Gasteiger partial charge in [0.15, 0.2) is 0 Å². The van der Waals surface area contributed by atoms with Crippen LogP contribution in [0.5, 0.6) is 11.5 Å². The number of alkyl halides is 3. The van der Waals surface area contributed by atoms with Crippen LogP contribution in [0.25, 0.3) is 11.1 Å². The van der Waals surface area contributed by atoms with Gasteiger partial charge in [0.1, 0.15) is 17.3 Å². The molecule has 2 N–H and O–H groups in total. The van der Waals surface area contributed by atoms with Gasteiger partial charge in [-0.05, 0) is 59.7 Å². The highest BCUT2D eigenvalue weighted by molar-refractivity contribution is 7.89. The molecule has 0 radical (unpaired) electrons. The third-order valence-electron chi connectivity index (χ3n) is 4.71. The van der Waals surface area contributed by atoms with Gasteiger partial charge in [0.2, 0.25) is 16.6 Å². The number of nitrogens with zero attached hydrogens (tertiary/aromatic N) is 1. The molecule has 0 saturated carbocycles. The van der Waals surface area contributed by atoms with E-state index in [2.05, 4.69) is 4.74 Å². The van der Waals surface area contributed by atoms with Gasteiger partial charge in [-0.25, -0.2) is 12.8 Å². The molecule has 35 heavy (non-hydrogen) atoms. The molecular weight excluding hydrogens is 494 g/mol. The van der Waals surface area contributed by atoms with Crippen molar-refractivity contribution in [1.29, 1.82) is 0 Å². The first-order valence-electron chi connectivity index (χ1n) is 9.93. The Morgan fingerprint density at radius 2 is 1.74 bits per heavy atom. The van der Waals surface area contributed by atoms with Gasteiger partial charge in [0.25, 0.3) is 0 Å². The standard InChI is InChI=1S/C23H19F4NO6S/c1-28(35(31,32)19-8-6-17(24)7-9-19)13-15-5-10-21(33-14-22(29)30)20(11-15)16-3-2-4-18(12-16)34-23(25,26)27/h2-12H,13-14H2,1H3,(H,29,30)/p+1. The lowest BCUT2D eigenvalue weighted by Gasteiger charge is -2.19. The lowest BCUT2D eigenvalue weighted by molar-refractivity contribution is -0.274. The summed E-state index contributed by atoms with van der Waals surface area (Å²) in [6, 6.07) is 13.8.